The largest absolute Gasteiger partial charge is 0.343 e. The average Bonchev–Trinajstić information content (AvgIpc) is 2.63. The van der Waals surface area contributed by atoms with Gasteiger partial charge in [-0.25, -0.2) is 9.48 Å². The summed E-state index contributed by atoms with van der Waals surface area (Å²) in [5.41, 5.74) is 1.01. The third-order valence-electron chi connectivity index (χ3n) is 2.42. The molecule has 6 nitrogen and oxygen atoms in total. The Labute approximate surface area is 108 Å². The Bertz CT molecular complexity index is 659. The molecule has 1 heterocycles. The summed E-state index contributed by atoms with van der Waals surface area (Å²) in [7, 11) is 1.46. The molecule has 0 atom stereocenters. The Kier molecular flexibility index (Phi) is 3.20. The minimum Gasteiger partial charge on any atom is -0.319 e. The second-order valence-electron chi connectivity index (χ2n) is 3.82. The average molecular weight is 267 g/mol. The zero-order valence-corrected chi connectivity index (χ0v) is 10.6. The molecule has 1 aromatic carbocycles. The van der Waals surface area contributed by atoms with E-state index >= 15 is 0 Å². The maximum atomic E-state index is 11.8. The Morgan fingerprint density at radius 3 is 2.78 bits per heavy atom. The van der Waals surface area contributed by atoms with Crippen LogP contribution in [-0.4, -0.2) is 20.7 Å². The van der Waals surface area contributed by atoms with Crippen molar-refractivity contribution in [3.8, 4) is 0 Å². The van der Waals surface area contributed by atoms with Gasteiger partial charge in [0, 0.05) is 17.8 Å². The molecule has 7 heteroatoms. The van der Waals surface area contributed by atoms with E-state index in [2.05, 4.69) is 15.4 Å². The second kappa shape index (κ2) is 4.66. The minimum absolute atomic E-state index is 0.0307. The van der Waals surface area contributed by atoms with Gasteiger partial charge in [0.05, 0.1) is 0 Å². The van der Waals surface area contributed by atoms with Gasteiger partial charge in [-0.1, -0.05) is 11.6 Å². The van der Waals surface area contributed by atoms with E-state index in [0.717, 1.165) is 10.2 Å². The van der Waals surface area contributed by atoms with Crippen LogP contribution in [0, 0.1) is 6.92 Å². The molecule has 0 aliphatic heterocycles. The van der Waals surface area contributed by atoms with Gasteiger partial charge in [-0.3, -0.25) is 9.78 Å². The van der Waals surface area contributed by atoms with Gasteiger partial charge in [-0.2, -0.15) is 0 Å². The highest BCUT2D eigenvalue weighted by molar-refractivity contribution is 6.30. The summed E-state index contributed by atoms with van der Waals surface area (Å²) in [5, 5.41) is 7.01. The summed E-state index contributed by atoms with van der Waals surface area (Å²) in [6, 6.07) is 5.10. The van der Waals surface area contributed by atoms with E-state index < -0.39 is 11.6 Å². The summed E-state index contributed by atoms with van der Waals surface area (Å²) >= 11 is 5.82. The number of nitrogens with zero attached hydrogens (tertiary/aromatic N) is 2. The highest BCUT2D eigenvalue weighted by atomic mass is 35.5. The molecule has 0 unspecified atom stereocenters. The first-order chi connectivity index (χ1) is 8.47. The standard InChI is InChI=1S/C11H11ClN4O2/c1-6-5-7(12)3-4-8(6)13-10(17)9-14-11(18)16(2)15-9/h3-5H,1-2H3,(H,13,17)(H,14,15,18). The molecule has 0 radical (unpaired) electrons. The van der Waals surface area contributed by atoms with Crippen LogP contribution in [0.15, 0.2) is 23.0 Å². The topological polar surface area (TPSA) is 79.8 Å². The number of H-pyrrole nitrogens is 1. The molecule has 0 aliphatic rings. The third-order valence-corrected chi connectivity index (χ3v) is 2.66. The maximum Gasteiger partial charge on any atom is 0.343 e. The van der Waals surface area contributed by atoms with Crippen LogP contribution in [0.25, 0.3) is 0 Å². The number of anilines is 1. The molecule has 18 heavy (non-hydrogen) atoms. The number of aromatic nitrogens is 3. The zero-order valence-electron chi connectivity index (χ0n) is 9.82. The van der Waals surface area contributed by atoms with Crippen molar-refractivity contribution in [2.75, 3.05) is 5.32 Å². The Hall–Kier alpha value is -2.08. The van der Waals surface area contributed by atoms with Gasteiger partial charge in [-0.05, 0) is 30.7 Å². The van der Waals surface area contributed by atoms with Crippen LogP contribution >= 0.6 is 11.6 Å². The van der Waals surface area contributed by atoms with Gasteiger partial charge >= 0.3 is 5.69 Å². The number of hydrogen-bond donors (Lipinski definition) is 2. The fraction of sp³-hybridized carbons (Fsp3) is 0.182. The van der Waals surface area contributed by atoms with Crippen molar-refractivity contribution in [1.82, 2.24) is 14.8 Å². The normalized spacial score (nSPS) is 10.4. The van der Waals surface area contributed by atoms with Crippen LogP contribution in [0.1, 0.15) is 16.2 Å². The number of carbonyl (C=O) groups is 1. The molecule has 1 amide bonds. The Balaban J connectivity index is 2.23. The van der Waals surface area contributed by atoms with Crippen LogP contribution in [0.5, 0.6) is 0 Å². The van der Waals surface area contributed by atoms with E-state index in [1.54, 1.807) is 18.2 Å². The van der Waals surface area contributed by atoms with Gasteiger partial charge in [0.25, 0.3) is 5.91 Å². The van der Waals surface area contributed by atoms with E-state index in [0.29, 0.717) is 10.7 Å². The number of nitrogens with one attached hydrogen (secondary N) is 2. The van der Waals surface area contributed by atoms with Crippen molar-refractivity contribution in [1.29, 1.82) is 0 Å². The summed E-state index contributed by atoms with van der Waals surface area (Å²) in [5.74, 6) is -0.505. The van der Waals surface area contributed by atoms with Crippen molar-refractivity contribution in [2.24, 2.45) is 7.05 Å². The number of hydrogen-bond acceptors (Lipinski definition) is 3. The number of rotatable bonds is 2. The number of aromatic amines is 1. The van der Waals surface area contributed by atoms with Crippen molar-refractivity contribution in [3.05, 3.63) is 45.1 Å². The molecule has 0 spiro atoms. The molecular weight excluding hydrogens is 256 g/mol. The van der Waals surface area contributed by atoms with Crippen LogP contribution in [-0.2, 0) is 7.05 Å². The Morgan fingerprint density at radius 1 is 1.50 bits per heavy atom. The van der Waals surface area contributed by atoms with Crippen LogP contribution in [0.3, 0.4) is 0 Å². The maximum absolute atomic E-state index is 11.8. The molecule has 1 aromatic heterocycles. The lowest BCUT2D eigenvalue weighted by molar-refractivity contribution is 0.101. The van der Waals surface area contributed by atoms with E-state index in [4.69, 9.17) is 11.6 Å². The third kappa shape index (κ3) is 2.43. The smallest absolute Gasteiger partial charge is 0.319 e. The minimum atomic E-state index is -0.474. The van der Waals surface area contributed by atoms with E-state index in [-0.39, 0.29) is 5.82 Å². The lowest BCUT2D eigenvalue weighted by Crippen LogP contribution is -2.15. The Morgan fingerprint density at radius 2 is 2.22 bits per heavy atom. The number of aryl methyl sites for hydroxylation is 2. The molecule has 2 rings (SSSR count). The first-order valence-electron chi connectivity index (χ1n) is 5.18. The number of amides is 1. The van der Waals surface area contributed by atoms with Crippen LogP contribution < -0.4 is 11.0 Å². The second-order valence-corrected chi connectivity index (χ2v) is 4.25. The van der Waals surface area contributed by atoms with Crippen molar-refractivity contribution >= 4 is 23.2 Å². The number of benzene rings is 1. The molecular formula is C11H11ClN4O2. The summed E-state index contributed by atoms with van der Waals surface area (Å²) in [6.45, 7) is 1.82. The summed E-state index contributed by atoms with van der Waals surface area (Å²) in [6.07, 6.45) is 0. The highest BCUT2D eigenvalue weighted by Gasteiger charge is 2.12. The summed E-state index contributed by atoms with van der Waals surface area (Å²) in [4.78, 5) is 25.3. The number of carbonyl (C=O) groups excluding carboxylic acids is 1. The molecule has 2 N–H and O–H groups in total. The number of halogens is 1. The monoisotopic (exact) mass is 266 g/mol. The fourth-order valence-corrected chi connectivity index (χ4v) is 1.68. The first kappa shape index (κ1) is 12.4. The molecule has 94 valence electrons. The molecule has 0 fully saturated rings. The zero-order chi connectivity index (χ0) is 13.3. The van der Waals surface area contributed by atoms with Crippen molar-refractivity contribution in [2.45, 2.75) is 6.92 Å². The highest BCUT2D eigenvalue weighted by Crippen LogP contribution is 2.19. The predicted molar refractivity (Wildman–Crippen MR) is 68.0 cm³/mol. The molecule has 2 aromatic rings. The molecule has 0 aliphatic carbocycles. The lowest BCUT2D eigenvalue weighted by Gasteiger charge is -2.06. The first-order valence-corrected chi connectivity index (χ1v) is 5.56. The molecule has 0 saturated heterocycles. The SMILES string of the molecule is Cc1cc(Cl)ccc1NC(=O)c1nn(C)c(=O)[nH]1. The van der Waals surface area contributed by atoms with E-state index in [1.807, 2.05) is 6.92 Å². The molecule has 0 saturated carbocycles. The van der Waals surface area contributed by atoms with E-state index in [9.17, 15) is 9.59 Å². The lowest BCUT2D eigenvalue weighted by atomic mass is 10.2. The summed E-state index contributed by atoms with van der Waals surface area (Å²) < 4.78 is 1.06. The predicted octanol–water partition coefficient (Wildman–Crippen LogP) is 1.32. The van der Waals surface area contributed by atoms with E-state index in [1.165, 1.54) is 7.05 Å². The van der Waals surface area contributed by atoms with Crippen molar-refractivity contribution in [3.63, 3.8) is 0 Å². The fourth-order valence-electron chi connectivity index (χ4n) is 1.45. The van der Waals surface area contributed by atoms with Gasteiger partial charge in [0.1, 0.15) is 0 Å². The van der Waals surface area contributed by atoms with Crippen LogP contribution in [0.2, 0.25) is 5.02 Å². The van der Waals surface area contributed by atoms with Crippen molar-refractivity contribution < 1.29 is 4.79 Å². The quantitative estimate of drug-likeness (QED) is 0.860. The van der Waals surface area contributed by atoms with Gasteiger partial charge in [0.15, 0.2) is 0 Å². The van der Waals surface area contributed by atoms with Gasteiger partial charge < -0.3 is 5.32 Å². The van der Waals surface area contributed by atoms with Gasteiger partial charge in [-0.15, -0.1) is 5.10 Å². The molecule has 0 bridgehead atoms. The van der Waals surface area contributed by atoms with Gasteiger partial charge in [0.2, 0.25) is 5.82 Å². The van der Waals surface area contributed by atoms with Crippen LogP contribution in [0.4, 0.5) is 5.69 Å².